The minimum Gasteiger partial charge on any atom is -0.314 e. The van der Waals surface area contributed by atoms with E-state index in [0.717, 1.165) is 26.8 Å². The molecule has 0 spiro atoms. The maximum Gasteiger partial charge on any atom is 0.294 e. The molecule has 2 aromatic rings. The third kappa shape index (κ3) is 3.47. The summed E-state index contributed by atoms with van der Waals surface area (Å²) in [5.41, 5.74) is 2.80. The molecule has 0 N–H and O–H groups in total. The molecule has 0 bridgehead atoms. The largest absolute Gasteiger partial charge is 0.314 e. The Bertz CT molecular complexity index is 580. The molecule has 0 aromatic carbocycles. The van der Waals surface area contributed by atoms with Crippen molar-refractivity contribution in [2.75, 3.05) is 6.61 Å². The summed E-state index contributed by atoms with van der Waals surface area (Å²) < 4.78 is 0. The molecule has 0 aliphatic heterocycles. The highest BCUT2D eigenvalue weighted by atomic mass is 32.1. The number of aryl methyl sites for hydroxylation is 2. The summed E-state index contributed by atoms with van der Waals surface area (Å²) in [4.78, 5) is 24.1. The van der Waals surface area contributed by atoms with E-state index in [1.807, 2.05) is 26.0 Å². The Balaban J connectivity index is 2.12. The zero-order valence-corrected chi connectivity index (χ0v) is 11.4. The fourth-order valence-electron chi connectivity index (χ4n) is 1.59. The first kappa shape index (κ1) is 13.4. The summed E-state index contributed by atoms with van der Waals surface area (Å²) >= 11 is 1.52. The summed E-state index contributed by atoms with van der Waals surface area (Å²) in [6.45, 7) is 3.88. The van der Waals surface area contributed by atoms with Crippen LogP contribution in [-0.4, -0.2) is 21.7 Å². The Morgan fingerprint density at radius 2 is 2.21 bits per heavy atom. The van der Waals surface area contributed by atoms with Crippen LogP contribution in [0.15, 0.2) is 18.3 Å². The zero-order valence-electron chi connectivity index (χ0n) is 10.6. The van der Waals surface area contributed by atoms with Gasteiger partial charge in [-0.05, 0) is 26.0 Å². The van der Waals surface area contributed by atoms with Crippen LogP contribution in [0.2, 0.25) is 0 Å². The summed E-state index contributed by atoms with van der Waals surface area (Å²) in [7, 11) is 0. The van der Waals surface area contributed by atoms with Crippen molar-refractivity contribution in [2.45, 2.75) is 20.3 Å². The molecule has 0 fully saturated rings. The van der Waals surface area contributed by atoms with Crippen molar-refractivity contribution < 1.29 is 9.92 Å². The molecule has 0 amide bonds. The van der Waals surface area contributed by atoms with Crippen LogP contribution in [0.4, 0.5) is 0 Å². The minimum atomic E-state index is -0.777. The van der Waals surface area contributed by atoms with Crippen LogP contribution in [0.5, 0.6) is 0 Å². The van der Waals surface area contributed by atoms with E-state index in [1.165, 1.54) is 11.3 Å². The van der Waals surface area contributed by atoms with Gasteiger partial charge in [-0.3, -0.25) is 4.98 Å². The van der Waals surface area contributed by atoms with E-state index in [0.29, 0.717) is 6.42 Å². The molecular formula is C12H13N3O3S. The maximum atomic E-state index is 10.1. The van der Waals surface area contributed by atoms with E-state index >= 15 is 0 Å². The molecule has 19 heavy (non-hydrogen) atoms. The van der Waals surface area contributed by atoms with Crippen LogP contribution in [0.1, 0.15) is 16.3 Å². The number of hydrogen-bond donors (Lipinski definition) is 0. The van der Waals surface area contributed by atoms with Gasteiger partial charge < -0.3 is 4.84 Å². The Hall–Kier alpha value is -2.02. The van der Waals surface area contributed by atoms with Gasteiger partial charge in [-0.25, -0.2) is 4.98 Å². The highest BCUT2D eigenvalue weighted by Crippen LogP contribution is 2.27. The van der Waals surface area contributed by atoms with Gasteiger partial charge in [0.05, 0.1) is 5.69 Å². The number of rotatable bonds is 5. The average molecular weight is 279 g/mol. The lowest BCUT2D eigenvalue weighted by molar-refractivity contribution is -0.757. The molecule has 0 saturated carbocycles. The van der Waals surface area contributed by atoms with Gasteiger partial charge in [0.25, 0.3) is 5.09 Å². The summed E-state index contributed by atoms with van der Waals surface area (Å²) in [5.74, 6) is 0. The molecule has 0 unspecified atom stereocenters. The van der Waals surface area contributed by atoms with Gasteiger partial charge in [-0.15, -0.1) is 21.5 Å². The SMILES string of the molecule is Cc1ccc(-c2nc(C)c(CCO[N+](=O)[O-])s2)cn1. The van der Waals surface area contributed by atoms with Gasteiger partial charge >= 0.3 is 0 Å². The van der Waals surface area contributed by atoms with Gasteiger partial charge in [0.1, 0.15) is 11.6 Å². The van der Waals surface area contributed by atoms with E-state index in [2.05, 4.69) is 14.8 Å². The summed E-state index contributed by atoms with van der Waals surface area (Å²) in [5, 5.41) is 10.2. The molecule has 0 atom stereocenters. The topological polar surface area (TPSA) is 78.2 Å². The Kier molecular flexibility index (Phi) is 4.06. The third-order valence-electron chi connectivity index (χ3n) is 2.58. The van der Waals surface area contributed by atoms with Gasteiger partial charge in [-0.2, -0.15) is 0 Å². The Morgan fingerprint density at radius 1 is 1.42 bits per heavy atom. The lowest BCUT2D eigenvalue weighted by Crippen LogP contribution is -2.04. The number of pyridine rings is 1. The molecule has 100 valence electrons. The molecular weight excluding hydrogens is 266 g/mol. The van der Waals surface area contributed by atoms with Crippen molar-refractivity contribution in [2.24, 2.45) is 0 Å². The maximum absolute atomic E-state index is 10.1. The number of hydrogen-bond acceptors (Lipinski definition) is 6. The van der Waals surface area contributed by atoms with Crippen LogP contribution in [0.25, 0.3) is 10.6 Å². The lowest BCUT2D eigenvalue weighted by atomic mass is 10.2. The molecule has 0 aliphatic rings. The van der Waals surface area contributed by atoms with Crippen LogP contribution >= 0.6 is 11.3 Å². The number of nitrogens with zero attached hydrogens (tertiary/aromatic N) is 3. The second-order valence-corrected chi connectivity index (χ2v) is 5.11. The molecule has 6 nitrogen and oxygen atoms in total. The fraction of sp³-hybridized carbons (Fsp3) is 0.333. The molecule has 0 saturated heterocycles. The van der Waals surface area contributed by atoms with Gasteiger partial charge in [0.2, 0.25) is 0 Å². The smallest absolute Gasteiger partial charge is 0.294 e. The van der Waals surface area contributed by atoms with Crippen molar-refractivity contribution in [3.8, 4) is 10.6 Å². The van der Waals surface area contributed by atoms with E-state index in [9.17, 15) is 10.1 Å². The van der Waals surface area contributed by atoms with E-state index in [4.69, 9.17) is 0 Å². The van der Waals surface area contributed by atoms with Crippen molar-refractivity contribution >= 4 is 11.3 Å². The number of thiazole rings is 1. The first-order valence-electron chi connectivity index (χ1n) is 5.73. The fourth-order valence-corrected chi connectivity index (χ4v) is 2.62. The van der Waals surface area contributed by atoms with Gasteiger partial charge in [0.15, 0.2) is 0 Å². The summed E-state index contributed by atoms with van der Waals surface area (Å²) in [6, 6.07) is 3.90. The van der Waals surface area contributed by atoms with Crippen molar-refractivity contribution in [3.05, 3.63) is 44.7 Å². The first-order valence-corrected chi connectivity index (χ1v) is 6.54. The molecule has 0 aliphatic carbocycles. The molecule has 2 aromatic heterocycles. The van der Waals surface area contributed by atoms with Gasteiger partial charge in [-0.1, -0.05) is 0 Å². The lowest BCUT2D eigenvalue weighted by Gasteiger charge is -1.97. The van der Waals surface area contributed by atoms with Crippen LogP contribution < -0.4 is 0 Å². The average Bonchev–Trinajstić information content (AvgIpc) is 2.71. The van der Waals surface area contributed by atoms with E-state index in [-0.39, 0.29) is 6.61 Å². The van der Waals surface area contributed by atoms with E-state index < -0.39 is 5.09 Å². The standard InChI is InChI=1S/C12H13N3O3S/c1-8-3-4-10(7-13-8)12-14-9(2)11(19-12)5-6-18-15(16)17/h3-4,7H,5-6H2,1-2H3. The first-order chi connectivity index (χ1) is 9.06. The normalized spacial score (nSPS) is 10.4. The molecule has 0 radical (unpaired) electrons. The molecule has 2 heterocycles. The highest BCUT2D eigenvalue weighted by molar-refractivity contribution is 7.15. The Labute approximate surface area is 114 Å². The van der Waals surface area contributed by atoms with Crippen molar-refractivity contribution in [1.29, 1.82) is 0 Å². The van der Waals surface area contributed by atoms with Crippen molar-refractivity contribution in [1.82, 2.24) is 9.97 Å². The van der Waals surface area contributed by atoms with Crippen LogP contribution in [0.3, 0.4) is 0 Å². The monoisotopic (exact) mass is 279 g/mol. The quantitative estimate of drug-likeness (QED) is 0.621. The minimum absolute atomic E-state index is 0.0572. The summed E-state index contributed by atoms with van der Waals surface area (Å²) in [6.07, 6.45) is 2.27. The number of aromatic nitrogens is 2. The molecule has 2 rings (SSSR count). The second kappa shape index (κ2) is 5.75. The van der Waals surface area contributed by atoms with E-state index in [1.54, 1.807) is 6.20 Å². The van der Waals surface area contributed by atoms with Gasteiger partial charge in [0, 0.05) is 28.8 Å². The van der Waals surface area contributed by atoms with Crippen molar-refractivity contribution in [3.63, 3.8) is 0 Å². The zero-order chi connectivity index (χ0) is 13.8. The molecule has 7 heteroatoms. The Morgan fingerprint density at radius 3 is 2.84 bits per heavy atom. The highest BCUT2D eigenvalue weighted by Gasteiger charge is 2.10. The predicted octanol–water partition coefficient (Wildman–Crippen LogP) is 2.57. The van der Waals surface area contributed by atoms with Crippen LogP contribution in [-0.2, 0) is 11.3 Å². The second-order valence-electron chi connectivity index (χ2n) is 4.02. The third-order valence-corrected chi connectivity index (χ3v) is 3.84. The predicted molar refractivity (Wildman–Crippen MR) is 71.5 cm³/mol. The van der Waals surface area contributed by atoms with Crippen LogP contribution in [0, 0.1) is 24.0 Å².